The van der Waals surface area contributed by atoms with Gasteiger partial charge in [0.05, 0.1) is 6.21 Å². The van der Waals surface area contributed by atoms with Crippen molar-refractivity contribution < 1.29 is 14.7 Å². The van der Waals surface area contributed by atoms with Gasteiger partial charge in [0.25, 0.3) is 0 Å². The van der Waals surface area contributed by atoms with Crippen LogP contribution in [0.2, 0.25) is 0 Å². The van der Waals surface area contributed by atoms with Crippen LogP contribution in [-0.2, 0) is 9.59 Å². The Morgan fingerprint density at radius 3 is 2.63 bits per heavy atom. The zero-order valence-electron chi connectivity index (χ0n) is 10.9. The first kappa shape index (κ1) is 14.7. The van der Waals surface area contributed by atoms with E-state index in [1.54, 1.807) is 18.2 Å². The molecule has 102 valence electrons. The summed E-state index contributed by atoms with van der Waals surface area (Å²) in [5.41, 5.74) is 2.70. The second-order valence-electron chi connectivity index (χ2n) is 4.25. The van der Waals surface area contributed by atoms with Crippen LogP contribution in [0.3, 0.4) is 0 Å². The minimum Gasteiger partial charge on any atom is -0.507 e. The molecular formula is C13H17N3O3. The van der Waals surface area contributed by atoms with Crippen LogP contribution in [-0.4, -0.2) is 29.2 Å². The molecule has 6 heteroatoms. The van der Waals surface area contributed by atoms with Crippen LogP contribution >= 0.6 is 0 Å². The van der Waals surface area contributed by atoms with Crippen molar-refractivity contribution in [2.45, 2.75) is 26.3 Å². The molecule has 0 saturated heterocycles. The Bertz CT molecular complexity index is 484. The molecule has 19 heavy (non-hydrogen) atoms. The number of carbonyl (C=O) groups is 2. The lowest BCUT2D eigenvalue weighted by Gasteiger charge is -2.06. The maximum Gasteiger partial charge on any atom is 0.249 e. The lowest BCUT2D eigenvalue weighted by atomic mass is 10.2. The smallest absolute Gasteiger partial charge is 0.249 e. The largest absolute Gasteiger partial charge is 0.507 e. The van der Waals surface area contributed by atoms with Gasteiger partial charge in [-0.05, 0) is 26.0 Å². The number of benzene rings is 1. The van der Waals surface area contributed by atoms with E-state index in [2.05, 4.69) is 15.8 Å². The van der Waals surface area contributed by atoms with E-state index in [1.807, 2.05) is 13.8 Å². The van der Waals surface area contributed by atoms with Gasteiger partial charge in [-0.25, -0.2) is 5.43 Å². The molecule has 1 aromatic carbocycles. The summed E-state index contributed by atoms with van der Waals surface area (Å²) in [6.07, 6.45) is 1.03. The quantitative estimate of drug-likeness (QED) is 0.416. The third-order valence-electron chi connectivity index (χ3n) is 2.10. The number of nitrogens with one attached hydrogen (secondary N) is 2. The molecule has 0 aliphatic carbocycles. The molecule has 1 rings (SSSR count). The third kappa shape index (κ3) is 5.67. The van der Waals surface area contributed by atoms with Gasteiger partial charge in [0.15, 0.2) is 0 Å². The first-order valence-electron chi connectivity index (χ1n) is 5.88. The van der Waals surface area contributed by atoms with Gasteiger partial charge in [-0.15, -0.1) is 0 Å². The van der Waals surface area contributed by atoms with Gasteiger partial charge in [-0.3, -0.25) is 9.59 Å². The van der Waals surface area contributed by atoms with E-state index in [1.165, 1.54) is 12.3 Å². The number of rotatable bonds is 5. The highest BCUT2D eigenvalue weighted by molar-refractivity contribution is 5.97. The van der Waals surface area contributed by atoms with Gasteiger partial charge in [0.2, 0.25) is 11.8 Å². The average molecular weight is 263 g/mol. The zero-order chi connectivity index (χ0) is 14.3. The number of hydrogen-bond donors (Lipinski definition) is 3. The molecule has 0 spiro atoms. The van der Waals surface area contributed by atoms with E-state index in [0.717, 1.165) is 0 Å². The molecule has 0 atom stereocenters. The second-order valence-corrected chi connectivity index (χ2v) is 4.25. The molecule has 0 aliphatic rings. The predicted molar refractivity (Wildman–Crippen MR) is 71.7 cm³/mol. The van der Waals surface area contributed by atoms with E-state index in [4.69, 9.17) is 0 Å². The molecule has 6 nitrogen and oxygen atoms in total. The fraction of sp³-hybridized carbons (Fsp3) is 0.308. The summed E-state index contributed by atoms with van der Waals surface area (Å²) < 4.78 is 0. The van der Waals surface area contributed by atoms with Crippen LogP contribution in [0.1, 0.15) is 25.8 Å². The number of hydrazone groups is 1. The highest BCUT2D eigenvalue weighted by Crippen LogP contribution is 2.12. The van der Waals surface area contributed by atoms with E-state index in [0.29, 0.717) is 5.56 Å². The van der Waals surface area contributed by atoms with Crippen LogP contribution in [0.4, 0.5) is 0 Å². The summed E-state index contributed by atoms with van der Waals surface area (Å²) in [7, 11) is 0. The predicted octanol–water partition coefficient (Wildman–Crippen LogP) is 0.757. The summed E-state index contributed by atoms with van der Waals surface area (Å²) in [5, 5.41) is 15.7. The number of nitrogens with zero attached hydrogens (tertiary/aromatic N) is 1. The number of phenols is 1. The van der Waals surface area contributed by atoms with Crippen LogP contribution in [0.5, 0.6) is 5.75 Å². The maximum absolute atomic E-state index is 11.4. The summed E-state index contributed by atoms with van der Waals surface area (Å²) in [5.74, 6) is -0.798. The van der Waals surface area contributed by atoms with E-state index in [9.17, 15) is 14.7 Å². The molecule has 0 saturated carbocycles. The van der Waals surface area contributed by atoms with Crippen molar-refractivity contribution in [3.63, 3.8) is 0 Å². The number of amides is 2. The van der Waals surface area contributed by atoms with Crippen molar-refractivity contribution in [1.82, 2.24) is 10.7 Å². The van der Waals surface area contributed by atoms with Gasteiger partial charge < -0.3 is 10.4 Å². The van der Waals surface area contributed by atoms with Crippen molar-refractivity contribution in [1.29, 1.82) is 0 Å². The molecule has 0 bridgehead atoms. The van der Waals surface area contributed by atoms with Gasteiger partial charge >= 0.3 is 0 Å². The van der Waals surface area contributed by atoms with Gasteiger partial charge in [0, 0.05) is 11.6 Å². The molecule has 1 aromatic rings. The van der Waals surface area contributed by atoms with Gasteiger partial charge in [-0.1, -0.05) is 12.1 Å². The highest BCUT2D eigenvalue weighted by Gasteiger charge is 2.09. The SMILES string of the molecule is CC(C)NC(=O)CC(=O)N/N=C/c1ccccc1O. The second kappa shape index (κ2) is 7.15. The molecule has 0 unspecified atom stereocenters. The summed E-state index contributed by atoms with van der Waals surface area (Å²) in [6.45, 7) is 3.62. The number of hydrogen-bond acceptors (Lipinski definition) is 4. The molecule has 0 aliphatic heterocycles. The van der Waals surface area contributed by atoms with Gasteiger partial charge in [0.1, 0.15) is 12.2 Å². The van der Waals surface area contributed by atoms with Crippen LogP contribution in [0.25, 0.3) is 0 Å². The minimum absolute atomic E-state index is 0.00920. The summed E-state index contributed by atoms with van der Waals surface area (Å²) in [6, 6.07) is 6.57. The van der Waals surface area contributed by atoms with Crippen LogP contribution in [0, 0.1) is 0 Å². The Kier molecular flexibility index (Phi) is 5.53. The summed E-state index contributed by atoms with van der Waals surface area (Å²) >= 11 is 0. The first-order valence-corrected chi connectivity index (χ1v) is 5.88. The first-order chi connectivity index (χ1) is 8.99. The number of para-hydroxylation sites is 1. The normalized spacial score (nSPS) is 10.7. The molecule has 2 amide bonds. The number of carbonyl (C=O) groups excluding carboxylic acids is 2. The van der Waals surface area contributed by atoms with Crippen molar-refractivity contribution >= 4 is 18.0 Å². The highest BCUT2D eigenvalue weighted by atomic mass is 16.3. The molecular weight excluding hydrogens is 246 g/mol. The van der Waals surface area contributed by atoms with Crippen molar-refractivity contribution in [3.8, 4) is 5.75 Å². The van der Waals surface area contributed by atoms with E-state index >= 15 is 0 Å². The van der Waals surface area contributed by atoms with Gasteiger partial charge in [-0.2, -0.15) is 5.10 Å². The Balaban J connectivity index is 2.42. The van der Waals surface area contributed by atoms with Crippen LogP contribution < -0.4 is 10.7 Å². The monoisotopic (exact) mass is 263 g/mol. The molecule has 0 heterocycles. The zero-order valence-corrected chi connectivity index (χ0v) is 10.9. The number of aromatic hydroxyl groups is 1. The number of phenolic OH excluding ortho intramolecular Hbond substituents is 1. The average Bonchev–Trinajstić information content (AvgIpc) is 2.30. The minimum atomic E-state index is -0.509. The van der Waals surface area contributed by atoms with Crippen molar-refractivity contribution in [2.24, 2.45) is 5.10 Å². The molecule has 0 aromatic heterocycles. The summed E-state index contributed by atoms with van der Waals surface area (Å²) in [4.78, 5) is 22.6. The molecule has 0 fully saturated rings. The van der Waals surface area contributed by atoms with E-state index in [-0.39, 0.29) is 24.1 Å². The Labute approximate surface area is 111 Å². The fourth-order valence-electron chi connectivity index (χ4n) is 1.33. The molecule has 3 N–H and O–H groups in total. The third-order valence-corrected chi connectivity index (χ3v) is 2.10. The fourth-order valence-corrected chi connectivity index (χ4v) is 1.33. The Hall–Kier alpha value is -2.37. The van der Waals surface area contributed by atoms with E-state index < -0.39 is 5.91 Å². The standard InChI is InChI=1S/C13H17N3O3/c1-9(2)15-12(18)7-13(19)16-14-8-10-5-3-4-6-11(10)17/h3-6,8-9,17H,7H2,1-2H3,(H,15,18)(H,16,19)/b14-8+. The lowest BCUT2D eigenvalue weighted by Crippen LogP contribution is -2.34. The Morgan fingerprint density at radius 1 is 1.32 bits per heavy atom. The maximum atomic E-state index is 11.4. The Morgan fingerprint density at radius 2 is 2.00 bits per heavy atom. The topological polar surface area (TPSA) is 90.8 Å². The molecule has 0 radical (unpaired) electrons. The van der Waals surface area contributed by atoms with Crippen LogP contribution in [0.15, 0.2) is 29.4 Å². The lowest BCUT2D eigenvalue weighted by molar-refractivity contribution is -0.129. The van der Waals surface area contributed by atoms with Crippen molar-refractivity contribution in [2.75, 3.05) is 0 Å². The van der Waals surface area contributed by atoms with Crippen molar-refractivity contribution in [3.05, 3.63) is 29.8 Å².